The highest BCUT2D eigenvalue weighted by Gasteiger charge is 2.27. The van der Waals surface area contributed by atoms with E-state index in [0.29, 0.717) is 36.1 Å². The summed E-state index contributed by atoms with van der Waals surface area (Å²) in [6.45, 7) is -0.776. The van der Waals surface area contributed by atoms with Crippen molar-refractivity contribution in [1.29, 1.82) is 0 Å². The first-order valence-electron chi connectivity index (χ1n) is 12.5. The minimum Gasteiger partial charge on any atom is -0.375 e. The predicted octanol–water partition coefficient (Wildman–Crippen LogP) is 3.93. The summed E-state index contributed by atoms with van der Waals surface area (Å²) in [5.74, 6) is -0.332. The zero-order chi connectivity index (χ0) is 27.3. The number of fused-ring (bicyclic) bond motifs is 4. The summed E-state index contributed by atoms with van der Waals surface area (Å²) < 4.78 is 45.5. The number of nitrogens with one attached hydrogen (secondary N) is 1. The standard InChI is InChI=1S/C29H34FN3O4S/c1-33(38(2,35)36)26-15-23-14-25(16-26)28(34)32-27(24-9-4-3-5-10-24)12-11-21-7-6-8-22(13-21)17-29(31,19-30)20-37-18-23/h3-10,13-16,27H,11-12,17-20,31H2,1-2H3,(H,32,34). The Morgan fingerprint density at radius 3 is 2.50 bits per heavy atom. The first-order valence-corrected chi connectivity index (χ1v) is 14.4. The van der Waals surface area contributed by atoms with Crippen molar-refractivity contribution in [3.8, 4) is 0 Å². The zero-order valence-electron chi connectivity index (χ0n) is 21.7. The number of rotatable bonds is 4. The lowest BCUT2D eigenvalue weighted by atomic mass is 9.91. The second-order valence-corrected chi connectivity index (χ2v) is 12.1. The van der Waals surface area contributed by atoms with Crippen molar-refractivity contribution in [1.82, 2.24) is 5.32 Å². The lowest BCUT2D eigenvalue weighted by Gasteiger charge is -2.27. The van der Waals surface area contributed by atoms with Crippen LogP contribution in [0.15, 0.2) is 72.8 Å². The molecule has 0 fully saturated rings. The third kappa shape index (κ3) is 6.98. The fourth-order valence-electron chi connectivity index (χ4n) is 4.63. The molecule has 0 aromatic heterocycles. The van der Waals surface area contributed by atoms with Crippen molar-refractivity contribution in [3.63, 3.8) is 0 Å². The Balaban J connectivity index is 1.75. The van der Waals surface area contributed by atoms with Crippen LogP contribution in [0.1, 0.15) is 45.1 Å². The van der Waals surface area contributed by atoms with Crippen molar-refractivity contribution in [3.05, 3.63) is 101 Å². The average molecular weight is 540 g/mol. The molecule has 3 N–H and O–H groups in total. The molecular formula is C29H34FN3O4S. The third-order valence-electron chi connectivity index (χ3n) is 6.80. The smallest absolute Gasteiger partial charge is 0.251 e. The van der Waals surface area contributed by atoms with Crippen LogP contribution in [0.3, 0.4) is 0 Å². The number of carbonyl (C=O) groups excluding carboxylic acids is 1. The molecule has 1 heterocycles. The molecule has 9 heteroatoms. The van der Waals surface area contributed by atoms with Crippen molar-refractivity contribution in [2.45, 2.75) is 37.5 Å². The van der Waals surface area contributed by atoms with E-state index in [4.69, 9.17) is 10.5 Å². The highest BCUT2D eigenvalue weighted by molar-refractivity contribution is 7.92. The molecule has 1 aliphatic heterocycles. The van der Waals surface area contributed by atoms with E-state index in [2.05, 4.69) is 5.32 Å². The number of carbonyl (C=O) groups is 1. The summed E-state index contributed by atoms with van der Waals surface area (Å²) >= 11 is 0. The van der Waals surface area contributed by atoms with Gasteiger partial charge in [0.05, 0.1) is 36.7 Å². The van der Waals surface area contributed by atoms with Crippen molar-refractivity contribution >= 4 is 21.6 Å². The maximum atomic E-state index is 14.1. The fourth-order valence-corrected chi connectivity index (χ4v) is 5.12. The quantitative estimate of drug-likeness (QED) is 0.523. The van der Waals surface area contributed by atoms with Gasteiger partial charge in [-0.3, -0.25) is 9.10 Å². The van der Waals surface area contributed by atoms with Gasteiger partial charge >= 0.3 is 0 Å². The first kappa shape index (κ1) is 27.8. The molecule has 0 aliphatic carbocycles. The van der Waals surface area contributed by atoms with E-state index in [1.807, 2.05) is 54.6 Å². The van der Waals surface area contributed by atoms with Gasteiger partial charge in [0.25, 0.3) is 5.91 Å². The molecule has 1 amide bonds. The molecule has 7 nitrogen and oxygen atoms in total. The number of nitrogens with zero attached hydrogens (tertiary/aromatic N) is 1. The van der Waals surface area contributed by atoms with Crippen LogP contribution in [0, 0.1) is 0 Å². The minimum absolute atomic E-state index is 0.0345. The number of halogens is 1. The normalized spacial score (nSPS) is 20.9. The zero-order valence-corrected chi connectivity index (χ0v) is 22.5. The molecule has 3 aromatic carbocycles. The summed E-state index contributed by atoms with van der Waals surface area (Å²) in [5, 5.41) is 3.14. The maximum Gasteiger partial charge on any atom is 0.251 e. The Hall–Kier alpha value is -3.27. The van der Waals surface area contributed by atoms with E-state index in [1.54, 1.807) is 18.2 Å². The predicted molar refractivity (Wildman–Crippen MR) is 147 cm³/mol. The Labute approximate surface area is 223 Å². The lowest BCUT2D eigenvalue weighted by molar-refractivity contribution is 0.0621. The van der Waals surface area contributed by atoms with Gasteiger partial charge in [-0.15, -0.1) is 0 Å². The van der Waals surface area contributed by atoms with Gasteiger partial charge in [0, 0.05) is 12.6 Å². The third-order valence-corrected chi connectivity index (χ3v) is 8.01. The summed E-state index contributed by atoms with van der Waals surface area (Å²) in [4.78, 5) is 13.5. The first-order chi connectivity index (χ1) is 18.1. The molecule has 202 valence electrons. The number of amides is 1. The monoisotopic (exact) mass is 539 g/mol. The summed E-state index contributed by atoms with van der Waals surface area (Å²) in [6.07, 6.45) is 2.71. The number of hydrogen-bond donors (Lipinski definition) is 2. The topological polar surface area (TPSA) is 102 Å². The highest BCUT2D eigenvalue weighted by atomic mass is 32.2. The van der Waals surface area contributed by atoms with Crippen molar-refractivity contribution < 1.29 is 22.3 Å². The van der Waals surface area contributed by atoms with E-state index in [9.17, 15) is 17.6 Å². The van der Waals surface area contributed by atoms with Gasteiger partial charge in [-0.05, 0) is 59.7 Å². The number of sulfonamides is 1. The van der Waals surface area contributed by atoms with Crippen LogP contribution in [-0.2, 0) is 34.2 Å². The van der Waals surface area contributed by atoms with Crippen molar-refractivity contribution in [2.75, 3.05) is 30.9 Å². The minimum atomic E-state index is -3.57. The van der Waals surface area contributed by atoms with Crippen LogP contribution in [0.4, 0.5) is 10.1 Å². The molecule has 0 saturated heterocycles. The Morgan fingerprint density at radius 2 is 1.79 bits per heavy atom. The van der Waals surface area contributed by atoms with Gasteiger partial charge in [0.2, 0.25) is 10.0 Å². The van der Waals surface area contributed by atoms with E-state index < -0.39 is 22.2 Å². The number of anilines is 1. The van der Waals surface area contributed by atoms with Gasteiger partial charge in [-0.2, -0.15) is 0 Å². The number of benzene rings is 3. The largest absolute Gasteiger partial charge is 0.375 e. The van der Waals surface area contributed by atoms with Gasteiger partial charge in [-0.25, -0.2) is 12.8 Å². The summed E-state index contributed by atoms with van der Waals surface area (Å²) in [6, 6.07) is 22.2. The Bertz CT molecular complexity index is 1380. The van der Waals surface area contributed by atoms with E-state index in [0.717, 1.165) is 27.3 Å². The van der Waals surface area contributed by atoms with Gasteiger partial charge in [-0.1, -0.05) is 54.6 Å². The number of alkyl halides is 1. The van der Waals surface area contributed by atoms with E-state index >= 15 is 0 Å². The molecule has 2 atom stereocenters. The molecular weight excluding hydrogens is 505 g/mol. The molecule has 1 aliphatic rings. The van der Waals surface area contributed by atoms with Crippen LogP contribution < -0.4 is 15.4 Å². The Morgan fingerprint density at radius 1 is 1.05 bits per heavy atom. The molecule has 0 spiro atoms. The molecule has 4 rings (SSSR count). The second-order valence-electron chi connectivity index (χ2n) is 10.1. The Kier molecular flexibility index (Phi) is 8.50. The van der Waals surface area contributed by atoms with Crippen LogP contribution in [0.2, 0.25) is 0 Å². The summed E-state index contributed by atoms with van der Waals surface area (Å²) in [5.41, 5.74) is 9.32. The van der Waals surface area contributed by atoms with Crippen LogP contribution in [0.25, 0.3) is 0 Å². The molecule has 3 aromatic rings. The van der Waals surface area contributed by atoms with E-state index in [-0.39, 0.29) is 25.2 Å². The molecule has 2 unspecified atom stereocenters. The fraction of sp³-hybridized carbons (Fsp3) is 0.345. The maximum absolute atomic E-state index is 14.1. The van der Waals surface area contributed by atoms with Crippen LogP contribution >= 0.6 is 0 Å². The summed E-state index contributed by atoms with van der Waals surface area (Å²) in [7, 11) is -2.15. The van der Waals surface area contributed by atoms with Gasteiger partial charge in [0.15, 0.2) is 0 Å². The number of aryl methyl sites for hydroxylation is 1. The second kappa shape index (κ2) is 11.6. The number of hydrogen-bond acceptors (Lipinski definition) is 5. The lowest BCUT2D eigenvalue weighted by Crippen LogP contribution is -2.48. The van der Waals surface area contributed by atoms with E-state index in [1.165, 1.54) is 7.05 Å². The van der Waals surface area contributed by atoms with Crippen LogP contribution in [-0.4, -0.2) is 46.4 Å². The van der Waals surface area contributed by atoms with Crippen molar-refractivity contribution in [2.24, 2.45) is 5.73 Å². The highest BCUT2D eigenvalue weighted by Crippen LogP contribution is 2.25. The molecule has 38 heavy (non-hydrogen) atoms. The number of ether oxygens (including phenoxy) is 1. The molecule has 0 saturated carbocycles. The van der Waals surface area contributed by atoms with Gasteiger partial charge in [0.1, 0.15) is 6.67 Å². The van der Waals surface area contributed by atoms with Gasteiger partial charge < -0.3 is 15.8 Å². The SMILES string of the molecule is CN(c1cc2cc(c1)C(=O)NC(c1ccccc1)CCc1cccc(c1)CC(N)(CF)COC2)S(C)(=O)=O. The number of nitrogens with two attached hydrogens (primary N) is 1. The molecule has 0 radical (unpaired) electrons. The molecule has 4 bridgehead atoms. The van der Waals surface area contributed by atoms with Crippen LogP contribution in [0.5, 0.6) is 0 Å². The average Bonchev–Trinajstić information content (AvgIpc) is 2.90.